The number of carbonyl (C=O) groups is 2. The third-order valence-electron chi connectivity index (χ3n) is 5.37. The standard InChI is InChI=1S/C22H32N2O4/c1-21(2,3)28-20(26)24-19(15-27-22(24,4)5)18-13-17(25)11-12-23(18)14-16-9-7-6-8-10-16/h6-10,18-19H,11-15H2,1-5H3/t18-,19-/m1/s1. The van der Waals surface area contributed by atoms with E-state index in [0.29, 0.717) is 26.0 Å². The lowest BCUT2D eigenvalue weighted by molar-refractivity contribution is -0.125. The minimum atomic E-state index is -0.772. The lowest BCUT2D eigenvalue weighted by Gasteiger charge is -2.43. The lowest BCUT2D eigenvalue weighted by Crippen LogP contribution is -2.59. The predicted molar refractivity (Wildman–Crippen MR) is 107 cm³/mol. The average molecular weight is 389 g/mol. The number of ketones is 1. The Bertz CT molecular complexity index is 711. The Labute approximate surface area is 167 Å². The summed E-state index contributed by atoms with van der Waals surface area (Å²) in [4.78, 5) is 29.3. The zero-order chi connectivity index (χ0) is 20.5. The second-order valence-corrected chi connectivity index (χ2v) is 9.19. The Morgan fingerprint density at radius 1 is 1.21 bits per heavy atom. The Morgan fingerprint density at radius 2 is 1.89 bits per heavy atom. The van der Waals surface area contributed by atoms with Gasteiger partial charge in [0, 0.05) is 32.0 Å². The molecule has 2 aliphatic rings. The topological polar surface area (TPSA) is 59.1 Å². The molecule has 2 aliphatic heterocycles. The van der Waals surface area contributed by atoms with E-state index in [2.05, 4.69) is 17.0 Å². The second kappa shape index (κ2) is 7.84. The van der Waals surface area contributed by atoms with E-state index in [1.807, 2.05) is 52.8 Å². The van der Waals surface area contributed by atoms with Crippen LogP contribution >= 0.6 is 0 Å². The molecule has 6 nitrogen and oxygen atoms in total. The molecule has 0 radical (unpaired) electrons. The van der Waals surface area contributed by atoms with Gasteiger partial charge in [-0.2, -0.15) is 0 Å². The van der Waals surface area contributed by atoms with Gasteiger partial charge in [-0.1, -0.05) is 30.3 Å². The van der Waals surface area contributed by atoms with E-state index in [1.165, 1.54) is 5.56 Å². The van der Waals surface area contributed by atoms with Crippen molar-refractivity contribution in [1.82, 2.24) is 9.80 Å². The number of Topliss-reactive ketones (excluding diaryl/α,β-unsaturated/α-hetero) is 1. The molecule has 1 aromatic carbocycles. The van der Waals surface area contributed by atoms with Crippen molar-refractivity contribution in [2.75, 3.05) is 13.2 Å². The van der Waals surface area contributed by atoms with Gasteiger partial charge in [0.05, 0.1) is 12.6 Å². The van der Waals surface area contributed by atoms with Gasteiger partial charge in [0.2, 0.25) is 0 Å². The fourth-order valence-corrected chi connectivity index (χ4v) is 4.07. The van der Waals surface area contributed by atoms with Crippen LogP contribution in [0.15, 0.2) is 30.3 Å². The molecule has 6 heteroatoms. The molecule has 0 saturated carbocycles. The summed E-state index contributed by atoms with van der Waals surface area (Å²) in [5.41, 5.74) is -0.165. The van der Waals surface area contributed by atoms with Gasteiger partial charge < -0.3 is 9.47 Å². The Kier molecular flexibility index (Phi) is 5.82. The predicted octanol–water partition coefficient (Wildman–Crippen LogP) is 3.59. The minimum Gasteiger partial charge on any atom is -0.444 e. The van der Waals surface area contributed by atoms with E-state index >= 15 is 0 Å². The quantitative estimate of drug-likeness (QED) is 0.792. The van der Waals surface area contributed by atoms with Crippen LogP contribution in [0.25, 0.3) is 0 Å². The lowest BCUT2D eigenvalue weighted by atomic mass is 9.93. The Balaban J connectivity index is 1.85. The first-order valence-electron chi connectivity index (χ1n) is 10.0. The molecule has 0 bridgehead atoms. The van der Waals surface area contributed by atoms with E-state index in [0.717, 1.165) is 6.54 Å². The molecule has 2 fully saturated rings. The van der Waals surface area contributed by atoms with E-state index < -0.39 is 17.4 Å². The van der Waals surface area contributed by atoms with Crippen LogP contribution in [0.2, 0.25) is 0 Å². The van der Waals surface area contributed by atoms with Crippen LogP contribution in [0.4, 0.5) is 4.79 Å². The highest BCUT2D eigenvalue weighted by Gasteiger charge is 2.50. The molecule has 2 atom stereocenters. The number of hydrogen-bond acceptors (Lipinski definition) is 5. The van der Waals surface area contributed by atoms with Gasteiger partial charge in [0.1, 0.15) is 17.1 Å². The van der Waals surface area contributed by atoms with E-state index in [-0.39, 0.29) is 17.9 Å². The van der Waals surface area contributed by atoms with E-state index in [9.17, 15) is 9.59 Å². The average Bonchev–Trinajstić information content (AvgIpc) is 2.91. The summed E-state index contributed by atoms with van der Waals surface area (Å²) in [5.74, 6) is 0.239. The largest absolute Gasteiger partial charge is 0.444 e. The van der Waals surface area contributed by atoms with Crippen LogP contribution in [0, 0.1) is 0 Å². The van der Waals surface area contributed by atoms with Gasteiger partial charge in [-0.15, -0.1) is 0 Å². The summed E-state index contributed by atoms with van der Waals surface area (Å²) in [7, 11) is 0. The summed E-state index contributed by atoms with van der Waals surface area (Å²) in [6, 6.07) is 9.91. The van der Waals surface area contributed by atoms with Crippen LogP contribution in [-0.4, -0.2) is 58.2 Å². The smallest absolute Gasteiger partial charge is 0.412 e. The summed E-state index contributed by atoms with van der Waals surface area (Å²) in [6.07, 6.45) is 0.584. The maximum Gasteiger partial charge on any atom is 0.412 e. The Morgan fingerprint density at radius 3 is 2.54 bits per heavy atom. The molecule has 28 heavy (non-hydrogen) atoms. The molecule has 2 heterocycles. The molecule has 0 spiro atoms. The van der Waals surface area contributed by atoms with E-state index in [1.54, 1.807) is 4.90 Å². The third-order valence-corrected chi connectivity index (χ3v) is 5.37. The molecular formula is C22H32N2O4. The monoisotopic (exact) mass is 388 g/mol. The first-order chi connectivity index (χ1) is 13.1. The number of carbonyl (C=O) groups excluding carboxylic acids is 2. The van der Waals surface area contributed by atoms with Gasteiger partial charge in [0.25, 0.3) is 0 Å². The molecular weight excluding hydrogens is 356 g/mol. The fourth-order valence-electron chi connectivity index (χ4n) is 4.07. The minimum absolute atomic E-state index is 0.0873. The molecule has 0 aliphatic carbocycles. The highest BCUT2D eigenvalue weighted by molar-refractivity contribution is 5.80. The maximum absolute atomic E-state index is 13.0. The van der Waals surface area contributed by atoms with Crippen LogP contribution in [0.5, 0.6) is 0 Å². The van der Waals surface area contributed by atoms with Crippen LogP contribution in [0.1, 0.15) is 53.0 Å². The zero-order valence-electron chi connectivity index (χ0n) is 17.6. The molecule has 3 rings (SSSR count). The number of ether oxygens (including phenoxy) is 2. The van der Waals surface area contributed by atoms with Crippen molar-refractivity contribution < 1.29 is 19.1 Å². The number of rotatable bonds is 3. The summed E-state index contributed by atoms with van der Waals surface area (Å²) >= 11 is 0. The van der Waals surface area contributed by atoms with Crippen LogP contribution < -0.4 is 0 Å². The van der Waals surface area contributed by atoms with Gasteiger partial charge in [-0.3, -0.25) is 14.6 Å². The number of amides is 1. The number of nitrogens with zero attached hydrogens (tertiary/aromatic N) is 2. The van der Waals surface area contributed by atoms with E-state index in [4.69, 9.17) is 9.47 Å². The van der Waals surface area contributed by atoms with Crippen molar-refractivity contribution >= 4 is 11.9 Å². The molecule has 0 N–H and O–H groups in total. The number of hydrogen-bond donors (Lipinski definition) is 0. The van der Waals surface area contributed by atoms with Crippen molar-refractivity contribution in [3.63, 3.8) is 0 Å². The molecule has 2 saturated heterocycles. The fraction of sp³-hybridized carbons (Fsp3) is 0.636. The maximum atomic E-state index is 13.0. The van der Waals surface area contributed by atoms with Crippen LogP contribution in [0.3, 0.4) is 0 Å². The summed E-state index contributed by atoms with van der Waals surface area (Å²) in [5, 5.41) is 0. The van der Waals surface area contributed by atoms with Crippen molar-refractivity contribution in [2.45, 2.75) is 77.4 Å². The van der Waals surface area contributed by atoms with Crippen molar-refractivity contribution in [2.24, 2.45) is 0 Å². The highest BCUT2D eigenvalue weighted by atomic mass is 16.6. The third kappa shape index (κ3) is 4.73. The van der Waals surface area contributed by atoms with Crippen LogP contribution in [-0.2, 0) is 20.8 Å². The Hall–Kier alpha value is -1.92. The molecule has 1 aromatic rings. The first-order valence-corrected chi connectivity index (χ1v) is 10.0. The SMILES string of the molecule is CC(C)(C)OC(=O)N1[C@@H]([C@H]2CC(=O)CCN2Cc2ccccc2)COC1(C)C. The van der Waals surface area contributed by atoms with Gasteiger partial charge in [-0.25, -0.2) is 4.79 Å². The first kappa shape index (κ1) is 20.8. The molecule has 0 unspecified atom stereocenters. The van der Waals surface area contributed by atoms with Crippen molar-refractivity contribution in [1.29, 1.82) is 0 Å². The number of likely N-dealkylation sites (tertiary alicyclic amines) is 1. The summed E-state index contributed by atoms with van der Waals surface area (Å²) < 4.78 is 11.6. The van der Waals surface area contributed by atoms with Gasteiger partial charge in [-0.05, 0) is 40.2 Å². The van der Waals surface area contributed by atoms with Gasteiger partial charge >= 0.3 is 6.09 Å². The molecule has 154 valence electrons. The zero-order valence-corrected chi connectivity index (χ0v) is 17.6. The summed E-state index contributed by atoms with van der Waals surface area (Å²) in [6.45, 7) is 11.2. The van der Waals surface area contributed by atoms with Crippen molar-refractivity contribution in [3.05, 3.63) is 35.9 Å². The second-order valence-electron chi connectivity index (χ2n) is 9.19. The number of piperidine rings is 1. The molecule has 1 amide bonds. The van der Waals surface area contributed by atoms with Gasteiger partial charge in [0.15, 0.2) is 0 Å². The molecule has 0 aromatic heterocycles. The number of benzene rings is 1. The van der Waals surface area contributed by atoms with Crippen molar-refractivity contribution in [3.8, 4) is 0 Å². The normalized spacial score (nSPS) is 25.8. The highest BCUT2D eigenvalue weighted by Crippen LogP contribution is 2.35.